The number of amides is 4. The summed E-state index contributed by atoms with van der Waals surface area (Å²) < 4.78 is 4.52. The maximum atomic E-state index is 14.1. The Hall–Kier alpha value is -2.07. The first kappa shape index (κ1) is 29.9. The molecule has 10 nitrogen and oxygen atoms in total. The molecule has 4 amide bonds. The van der Waals surface area contributed by atoms with Crippen LogP contribution in [0.25, 0.3) is 0 Å². The molecule has 0 aromatic carbocycles. The van der Waals surface area contributed by atoms with Crippen LogP contribution in [0.5, 0.6) is 0 Å². The van der Waals surface area contributed by atoms with Crippen molar-refractivity contribution in [1.29, 1.82) is 0 Å². The fraction of sp³-hybridized carbons (Fsp3) is 0.815. The van der Waals surface area contributed by atoms with Gasteiger partial charge in [-0.25, -0.2) is 4.79 Å². The van der Waals surface area contributed by atoms with Crippen molar-refractivity contribution in [2.24, 2.45) is 29.4 Å². The highest BCUT2D eigenvalue weighted by molar-refractivity contribution is 6.51. The molecule has 4 N–H and O–H groups in total. The number of halogens is 2. The zero-order valence-corrected chi connectivity index (χ0v) is 24.1. The Morgan fingerprint density at radius 2 is 1.72 bits per heavy atom. The molecule has 0 aromatic heterocycles. The summed E-state index contributed by atoms with van der Waals surface area (Å²) in [6.07, 6.45) is 7.21. The van der Waals surface area contributed by atoms with Crippen LogP contribution in [0.15, 0.2) is 0 Å². The van der Waals surface area contributed by atoms with Gasteiger partial charge in [-0.3, -0.25) is 19.2 Å². The first-order chi connectivity index (χ1) is 18.5. The number of likely N-dealkylation sites (tertiary alicyclic amines) is 1. The summed E-state index contributed by atoms with van der Waals surface area (Å²) in [5, 5.41) is 5.47. The SMILES string of the molecule is CCCC(NC(=O)[C@@H]1[C@@H]2[C@H](CN1C(=O)[C@@H](NC(=O)OC1CCC[C@@H]1C)C1CCCCC1)C2(Cl)Cl)C(=O)C(N)=O. The van der Waals surface area contributed by atoms with Crippen LogP contribution in [-0.4, -0.2) is 69.6 Å². The molecule has 3 aliphatic carbocycles. The number of hydrogen-bond acceptors (Lipinski definition) is 6. The first-order valence-corrected chi connectivity index (χ1v) is 15.0. The van der Waals surface area contributed by atoms with Crippen molar-refractivity contribution >= 4 is 52.8 Å². The van der Waals surface area contributed by atoms with Crippen LogP contribution in [0, 0.1) is 23.7 Å². The highest BCUT2D eigenvalue weighted by atomic mass is 35.5. The maximum absolute atomic E-state index is 14.1. The van der Waals surface area contributed by atoms with E-state index in [2.05, 4.69) is 10.6 Å². The van der Waals surface area contributed by atoms with Gasteiger partial charge in [-0.05, 0) is 50.4 Å². The molecule has 218 valence electrons. The van der Waals surface area contributed by atoms with Crippen molar-refractivity contribution in [2.75, 3.05) is 6.54 Å². The number of hydrogen-bond donors (Lipinski definition) is 3. The van der Waals surface area contributed by atoms with Crippen molar-refractivity contribution in [3.8, 4) is 0 Å². The van der Waals surface area contributed by atoms with E-state index >= 15 is 0 Å². The lowest BCUT2D eigenvalue weighted by molar-refractivity contribution is -0.144. The van der Waals surface area contributed by atoms with E-state index < -0.39 is 52.1 Å². The predicted octanol–water partition coefficient (Wildman–Crippen LogP) is 2.82. The summed E-state index contributed by atoms with van der Waals surface area (Å²) in [6.45, 7) is 4.01. The third-order valence-corrected chi connectivity index (χ3v) is 10.1. The number of carbonyl (C=O) groups excluding carboxylic acids is 5. The first-order valence-electron chi connectivity index (χ1n) is 14.3. The molecule has 2 unspecified atom stereocenters. The van der Waals surface area contributed by atoms with Gasteiger partial charge in [-0.1, -0.05) is 39.5 Å². The van der Waals surface area contributed by atoms with Crippen molar-refractivity contribution in [3.05, 3.63) is 0 Å². The summed E-state index contributed by atoms with van der Waals surface area (Å²) in [5.41, 5.74) is 5.19. The lowest BCUT2D eigenvalue weighted by Gasteiger charge is -2.36. The molecule has 12 heteroatoms. The second-order valence-corrected chi connectivity index (χ2v) is 13.1. The molecule has 0 spiro atoms. The lowest BCUT2D eigenvalue weighted by Crippen LogP contribution is -2.59. The van der Waals surface area contributed by atoms with Crippen LogP contribution in [0.2, 0.25) is 0 Å². The number of primary amides is 1. The monoisotopic (exact) mass is 586 g/mol. The molecule has 7 atom stereocenters. The largest absolute Gasteiger partial charge is 0.446 e. The van der Waals surface area contributed by atoms with E-state index in [1.807, 2.05) is 13.8 Å². The van der Waals surface area contributed by atoms with Crippen molar-refractivity contribution in [1.82, 2.24) is 15.5 Å². The molecule has 4 fully saturated rings. The predicted molar refractivity (Wildman–Crippen MR) is 145 cm³/mol. The number of Topliss-reactive ketones (excluding diaryl/α,β-unsaturated/α-hetero) is 1. The van der Waals surface area contributed by atoms with E-state index in [9.17, 15) is 24.0 Å². The highest BCUT2D eigenvalue weighted by Gasteiger charge is 2.74. The molecule has 1 aliphatic heterocycles. The second-order valence-electron chi connectivity index (χ2n) is 11.7. The van der Waals surface area contributed by atoms with E-state index in [0.29, 0.717) is 6.42 Å². The van der Waals surface area contributed by atoms with Gasteiger partial charge in [0.25, 0.3) is 5.91 Å². The minimum atomic E-state index is -1.18. The van der Waals surface area contributed by atoms with Crippen molar-refractivity contribution in [2.45, 2.75) is 107 Å². The summed E-state index contributed by atoms with van der Waals surface area (Å²) in [7, 11) is 0. The van der Waals surface area contributed by atoms with Gasteiger partial charge in [0.05, 0.1) is 6.04 Å². The van der Waals surface area contributed by atoms with Gasteiger partial charge in [-0.15, -0.1) is 23.2 Å². The smallest absolute Gasteiger partial charge is 0.408 e. The number of rotatable bonds is 10. The molecule has 4 rings (SSSR count). The number of ketones is 1. The normalized spacial score (nSPS) is 31.1. The number of piperidine rings is 1. The highest BCUT2D eigenvalue weighted by Crippen LogP contribution is 2.65. The fourth-order valence-electron chi connectivity index (χ4n) is 6.73. The van der Waals surface area contributed by atoms with E-state index in [-0.39, 0.29) is 42.7 Å². The van der Waals surface area contributed by atoms with E-state index in [4.69, 9.17) is 33.7 Å². The number of fused-ring (bicyclic) bond motifs is 1. The van der Waals surface area contributed by atoms with Gasteiger partial charge in [0.15, 0.2) is 0 Å². The molecule has 39 heavy (non-hydrogen) atoms. The number of nitrogens with two attached hydrogens (primary N) is 1. The Morgan fingerprint density at radius 3 is 2.31 bits per heavy atom. The zero-order chi connectivity index (χ0) is 28.5. The van der Waals surface area contributed by atoms with Gasteiger partial charge < -0.3 is 26.0 Å². The molecule has 0 aromatic rings. The number of ether oxygens (including phenoxy) is 1. The molecular formula is C27H40Cl2N4O6. The minimum absolute atomic E-state index is 0.0959. The average molecular weight is 588 g/mol. The van der Waals surface area contributed by atoms with Crippen molar-refractivity contribution < 1.29 is 28.7 Å². The molecule has 0 radical (unpaired) electrons. The second kappa shape index (κ2) is 12.2. The van der Waals surface area contributed by atoms with Crippen molar-refractivity contribution in [3.63, 3.8) is 0 Å². The molecule has 4 aliphatic rings. The van der Waals surface area contributed by atoms with Gasteiger partial charge in [0.1, 0.15) is 22.5 Å². The van der Waals surface area contributed by atoms with Crippen LogP contribution in [0.1, 0.15) is 78.1 Å². The topological polar surface area (TPSA) is 148 Å². The summed E-state index contributed by atoms with van der Waals surface area (Å²) >= 11 is 12.9. The number of nitrogens with one attached hydrogen (secondary N) is 2. The van der Waals surface area contributed by atoms with Gasteiger partial charge in [0.2, 0.25) is 17.6 Å². The Balaban J connectivity index is 1.54. The number of carbonyl (C=O) groups is 5. The Bertz CT molecular complexity index is 987. The number of nitrogens with zero attached hydrogens (tertiary/aromatic N) is 1. The van der Waals surface area contributed by atoms with Crippen LogP contribution in [-0.2, 0) is 23.9 Å². The third kappa shape index (κ3) is 6.32. The maximum Gasteiger partial charge on any atom is 0.408 e. The van der Waals surface area contributed by atoms with Gasteiger partial charge in [0, 0.05) is 18.4 Å². The number of alkyl halides is 2. The molecule has 3 saturated carbocycles. The Morgan fingerprint density at radius 1 is 1.03 bits per heavy atom. The Kier molecular flexibility index (Phi) is 9.36. The van der Waals surface area contributed by atoms with E-state index in [1.165, 1.54) is 4.90 Å². The summed E-state index contributed by atoms with van der Waals surface area (Å²) in [5.74, 6) is -3.73. The zero-order valence-electron chi connectivity index (χ0n) is 22.6. The summed E-state index contributed by atoms with van der Waals surface area (Å²) in [4.78, 5) is 65.9. The quantitative estimate of drug-likeness (QED) is 0.265. The minimum Gasteiger partial charge on any atom is -0.446 e. The standard InChI is InChI=1S/C27H40Cl2N4O6/c1-3-8-17(22(34)23(30)35)31-24(36)21-19-16(27(19,28)29)13-33(21)25(37)20(15-10-5-4-6-11-15)32-26(38)39-18-12-7-9-14(18)2/h14-21H,3-13H2,1-2H3,(H2,30,35)(H,31,36)(H,32,38)/t14-,16-,17?,18?,19-,20-,21-/m0/s1. The van der Waals surface area contributed by atoms with E-state index in [0.717, 1.165) is 51.4 Å². The third-order valence-electron chi connectivity index (χ3n) is 9.04. The Labute approximate surface area is 239 Å². The van der Waals surface area contributed by atoms with Crippen LogP contribution < -0.4 is 16.4 Å². The average Bonchev–Trinajstić information content (AvgIpc) is 3.24. The molecule has 1 heterocycles. The van der Waals surface area contributed by atoms with E-state index in [1.54, 1.807) is 0 Å². The molecule has 0 bridgehead atoms. The molecule has 1 saturated heterocycles. The number of alkyl carbamates (subject to hydrolysis) is 1. The van der Waals surface area contributed by atoms with Crippen LogP contribution >= 0.6 is 23.2 Å². The van der Waals surface area contributed by atoms with Crippen LogP contribution in [0.3, 0.4) is 0 Å². The summed E-state index contributed by atoms with van der Waals surface area (Å²) in [6, 6.07) is -3.01. The fourth-order valence-corrected chi connectivity index (χ4v) is 7.56. The van der Waals surface area contributed by atoms with Crippen LogP contribution in [0.4, 0.5) is 4.79 Å². The lowest BCUT2D eigenvalue weighted by atomic mass is 9.83. The van der Waals surface area contributed by atoms with Gasteiger partial charge >= 0.3 is 6.09 Å². The van der Waals surface area contributed by atoms with Gasteiger partial charge in [-0.2, -0.15) is 0 Å². The molecular weight excluding hydrogens is 547 g/mol.